The van der Waals surface area contributed by atoms with Crippen LogP contribution in [0.15, 0.2) is 48.8 Å². The zero-order chi connectivity index (χ0) is 12.5. The van der Waals surface area contributed by atoms with E-state index < -0.39 is 0 Å². The van der Waals surface area contributed by atoms with Crippen molar-refractivity contribution in [3.8, 4) is 11.4 Å². The van der Waals surface area contributed by atoms with Crippen LogP contribution in [0.25, 0.3) is 16.7 Å². The minimum absolute atomic E-state index is 0.751. The van der Waals surface area contributed by atoms with E-state index in [1.807, 2.05) is 47.0 Å². The van der Waals surface area contributed by atoms with Crippen LogP contribution in [0.3, 0.4) is 0 Å². The molecule has 4 heteroatoms. The zero-order valence-corrected chi connectivity index (χ0v) is 10.00. The number of hydrogen-bond donors (Lipinski definition) is 1. The fourth-order valence-corrected chi connectivity index (χ4v) is 1.96. The summed E-state index contributed by atoms with van der Waals surface area (Å²) in [6, 6.07) is 13.5. The molecule has 0 spiro atoms. The van der Waals surface area contributed by atoms with Gasteiger partial charge < -0.3 is 10.5 Å². The summed E-state index contributed by atoms with van der Waals surface area (Å²) >= 11 is 0. The highest BCUT2D eigenvalue weighted by Gasteiger charge is 2.05. The average Bonchev–Trinajstić information content (AvgIpc) is 2.82. The van der Waals surface area contributed by atoms with Crippen LogP contribution in [0.5, 0.6) is 5.75 Å². The number of aromatic nitrogens is 2. The van der Waals surface area contributed by atoms with E-state index in [-0.39, 0.29) is 0 Å². The van der Waals surface area contributed by atoms with E-state index in [1.165, 1.54) is 0 Å². The third-order valence-corrected chi connectivity index (χ3v) is 2.93. The predicted octanol–water partition coefficient (Wildman–Crippen LogP) is 2.62. The largest absolute Gasteiger partial charge is 0.497 e. The SMILES string of the molecule is COc1ccc2ncn(-c3ccc(N)cc3)c2c1. The third-order valence-electron chi connectivity index (χ3n) is 2.93. The molecule has 4 nitrogen and oxygen atoms in total. The maximum Gasteiger partial charge on any atom is 0.121 e. The van der Waals surface area contributed by atoms with Crippen molar-refractivity contribution in [1.82, 2.24) is 9.55 Å². The molecule has 1 heterocycles. The smallest absolute Gasteiger partial charge is 0.121 e. The molecule has 0 aliphatic rings. The Balaban J connectivity index is 2.19. The Hall–Kier alpha value is -2.49. The van der Waals surface area contributed by atoms with Gasteiger partial charge in [0.25, 0.3) is 0 Å². The molecule has 2 N–H and O–H groups in total. The maximum absolute atomic E-state index is 5.69. The van der Waals surface area contributed by atoms with Crippen LogP contribution >= 0.6 is 0 Å². The van der Waals surface area contributed by atoms with E-state index in [0.717, 1.165) is 28.2 Å². The molecular weight excluding hydrogens is 226 g/mol. The van der Waals surface area contributed by atoms with Crippen LogP contribution in [0.4, 0.5) is 5.69 Å². The highest BCUT2D eigenvalue weighted by molar-refractivity contribution is 5.79. The van der Waals surface area contributed by atoms with Gasteiger partial charge in [0.1, 0.15) is 12.1 Å². The first kappa shape index (κ1) is 10.7. The molecule has 0 bridgehead atoms. The van der Waals surface area contributed by atoms with Gasteiger partial charge in [-0.1, -0.05) is 0 Å². The van der Waals surface area contributed by atoms with Crippen LogP contribution in [0.1, 0.15) is 0 Å². The second kappa shape index (κ2) is 4.07. The molecule has 2 aromatic carbocycles. The van der Waals surface area contributed by atoms with Crippen LogP contribution in [-0.2, 0) is 0 Å². The van der Waals surface area contributed by atoms with E-state index in [9.17, 15) is 0 Å². The Kier molecular flexibility index (Phi) is 2.41. The van der Waals surface area contributed by atoms with E-state index in [0.29, 0.717) is 0 Å². The Morgan fingerprint density at radius 3 is 2.61 bits per heavy atom. The summed E-state index contributed by atoms with van der Waals surface area (Å²) in [7, 11) is 1.66. The molecule has 0 aliphatic carbocycles. The lowest BCUT2D eigenvalue weighted by Gasteiger charge is -2.05. The summed E-state index contributed by atoms with van der Waals surface area (Å²) in [4.78, 5) is 4.37. The van der Waals surface area contributed by atoms with Crippen LogP contribution in [0.2, 0.25) is 0 Å². The lowest BCUT2D eigenvalue weighted by molar-refractivity contribution is 0.415. The summed E-state index contributed by atoms with van der Waals surface area (Å²) in [6.45, 7) is 0. The van der Waals surface area contributed by atoms with Crippen LogP contribution < -0.4 is 10.5 Å². The van der Waals surface area contributed by atoms with E-state index in [4.69, 9.17) is 10.5 Å². The molecule has 0 saturated carbocycles. The quantitative estimate of drug-likeness (QED) is 0.699. The fraction of sp³-hybridized carbons (Fsp3) is 0.0714. The first-order chi connectivity index (χ1) is 8.78. The van der Waals surface area contributed by atoms with Crippen molar-refractivity contribution in [3.05, 3.63) is 48.8 Å². The van der Waals surface area contributed by atoms with Gasteiger partial charge in [-0.3, -0.25) is 4.57 Å². The Bertz CT molecular complexity index is 686. The van der Waals surface area contributed by atoms with E-state index in [2.05, 4.69) is 4.98 Å². The van der Waals surface area contributed by atoms with Gasteiger partial charge in [-0.05, 0) is 36.4 Å². The van der Waals surface area contributed by atoms with Gasteiger partial charge in [-0.2, -0.15) is 0 Å². The molecule has 90 valence electrons. The maximum atomic E-state index is 5.69. The second-order valence-corrected chi connectivity index (χ2v) is 4.06. The molecule has 0 saturated heterocycles. The molecule has 0 amide bonds. The minimum atomic E-state index is 0.751. The number of rotatable bonds is 2. The summed E-state index contributed by atoms with van der Waals surface area (Å²) < 4.78 is 7.25. The zero-order valence-electron chi connectivity index (χ0n) is 10.00. The van der Waals surface area contributed by atoms with Gasteiger partial charge in [0.2, 0.25) is 0 Å². The number of imidazole rings is 1. The number of benzene rings is 2. The number of anilines is 1. The molecule has 0 atom stereocenters. The van der Waals surface area contributed by atoms with Gasteiger partial charge in [0.15, 0.2) is 0 Å². The van der Waals surface area contributed by atoms with Crippen molar-refractivity contribution < 1.29 is 4.74 Å². The standard InChI is InChI=1S/C14H13N3O/c1-18-12-6-7-13-14(8-12)17(9-16-13)11-4-2-10(15)3-5-11/h2-9H,15H2,1H3. The van der Waals surface area contributed by atoms with Gasteiger partial charge in [0, 0.05) is 17.4 Å². The summed E-state index contributed by atoms with van der Waals surface area (Å²) in [5.74, 6) is 0.819. The number of hydrogen-bond acceptors (Lipinski definition) is 3. The number of nitrogen functional groups attached to an aromatic ring is 1. The molecule has 18 heavy (non-hydrogen) atoms. The Labute approximate surface area is 105 Å². The molecular formula is C14H13N3O. The molecule has 0 fully saturated rings. The topological polar surface area (TPSA) is 53.1 Å². The van der Waals surface area contributed by atoms with Gasteiger partial charge in [0.05, 0.1) is 18.1 Å². The molecule has 0 unspecified atom stereocenters. The summed E-state index contributed by atoms with van der Waals surface area (Å²) in [5, 5.41) is 0. The van der Waals surface area contributed by atoms with E-state index in [1.54, 1.807) is 13.4 Å². The molecule has 1 aromatic heterocycles. The fourth-order valence-electron chi connectivity index (χ4n) is 1.96. The second-order valence-electron chi connectivity index (χ2n) is 4.06. The van der Waals surface area contributed by atoms with Crippen molar-refractivity contribution in [1.29, 1.82) is 0 Å². The number of nitrogens with zero attached hydrogens (tertiary/aromatic N) is 2. The van der Waals surface area contributed by atoms with Crippen molar-refractivity contribution in [2.45, 2.75) is 0 Å². The lowest BCUT2D eigenvalue weighted by atomic mass is 10.2. The van der Waals surface area contributed by atoms with E-state index >= 15 is 0 Å². The van der Waals surface area contributed by atoms with Crippen molar-refractivity contribution in [2.24, 2.45) is 0 Å². The number of ether oxygens (including phenoxy) is 1. The van der Waals surface area contributed by atoms with Crippen molar-refractivity contribution >= 4 is 16.7 Å². The first-order valence-electron chi connectivity index (χ1n) is 5.65. The van der Waals surface area contributed by atoms with Crippen molar-refractivity contribution in [3.63, 3.8) is 0 Å². The Morgan fingerprint density at radius 2 is 1.89 bits per heavy atom. The highest BCUT2D eigenvalue weighted by atomic mass is 16.5. The summed E-state index contributed by atoms with van der Waals surface area (Å²) in [6.07, 6.45) is 1.80. The lowest BCUT2D eigenvalue weighted by Crippen LogP contribution is -1.93. The van der Waals surface area contributed by atoms with Gasteiger partial charge >= 0.3 is 0 Å². The molecule has 0 radical (unpaired) electrons. The molecule has 3 aromatic rings. The minimum Gasteiger partial charge on any atom is -0.497 e. The van der Waals surface area contributed by atoms with Gasteiger partial charge in [-0.15, -0.1) is 0 Å². The Morgan fingerprint density at radius 1 is 1.11 bits per heavy atom. The van der Waals surface area contributed by atoms with Crippen LogP contribution in [-0.4, -0.2) is 16.7 Å². The molecule has 0 aliphatic heterocycles. The predicted molar refractivity (Wildman–Crippen MR) is 72.0 cm³/mol. The van der Waals surface area contributed by atoms with Crippen molar-refractivity contribution in [2.75, 3.05) is 12.8 Å². The summed E-state index contributed by atoms with van der Waals surface area (Å²) in [5.41, 5.74) is 9.42. The van der Waals surface area contributed by atoms with Gasteiger partial charge in [-0.25, -0.2) is 4.98 Å². The number of nitrogens with two attached hydrogens (primary N) is 1. The third kappa shape index (κ3) is 1.68. The monoisotopic (exact) mass is 239 g/mol. The highest BCUT2D eigenvalue weighted by Crippen LogP contribution is 2.23. The van der Waals surface area contributed by atoms with Crippen LogP contribution in [0, 0.1) is 0 Å². The molecule has 3 rings (SSSR count). The average molecular weight is 239 g/mol. The first-order valence-corrected chi connectivity index (χ1v) is 5.65. The normalized spacial score (nSPS) is 10.7. The number of methoxy groups -OCH3 is 1. The number of fused-ring (bicyclic) bond motifs is 1.